The molecule has 6 nitrogen and oxygen atoms in total. The van der Waals surface area contributed by atoms with Crippen LogP contribution in [0, 0.1) is 0 Å². The van der Waals surface area contributed by atoms with Crippen LogP contribution in [0.3, 0.4) is 0 Å². The average Bonchev–Trinajstić information content (AvgIpc) is 3.28. The van der Waals surface area contributed by atoms with Gasteiger partial charge in [0, 0.05) is 43.0 Å². The van der Waals surface area contributed by atoms with Gasteiger partial charge in [0.15, 0.2) is 4.96 Å². The van der Waals surface area contributed by atoms with E-state index in [4.69, 9.17) is 0 Å². The van der Waals surface area contributed by atoms with Crippen LogP contribution in [-0.2, 0) is 30.2 Å². The minimum atomic E-state index is -0.0811. The molecule has 3 heterocycles. The number of halogens is 1. The molecule has 142 valence electrons. The molecule has 1 aromatic carbocycles. The molecule has 27 heavy (non-hydrogen) atoms. The maximum absolute atomic E-state index is 12.0. The van der Waals surface area contributed by atoms with E-state index >= 15 is 0 Å². The first-order valence-corrected chi connectivity index (χ1v) is 10.3. The quantitative estimate of drug-likeness (QED) is 0.637. The van der Waals surface area contributed by atoms with Crippen LogP contribution in [-0.4, -0.2) is 21.0 Å². The fourth-order valence-electron chi connectivity index (χ4n) is 2.92. The summed E-state index contributed by atoms with van der Waals surface area (Å²) in [4.78, 5) is 29.1. The summed E-state index contributed by atoms with van der Waals surface area (Å²) in [6.07, 6.45) is 1.72. The lowest BCUT2D eigenvalue weighted by Gasteiger charge is -2.07. The van der Waals surface area contributed by atoms with E-state index < -0.39 is 0 Å². The molecule has 3 aromatic rings. The molecule has 0 radical (unpaired) electrons. The first kappa shape index (κ1) is 19.9. The van der Waals surface area contributed by atoms with E-state index in [0.717, 1.165) is 18.7 Å². The Hall–Kier alpha value is -1.87. The van der Waals surface area contributed by atoms with Gasteiger partial charge in [0.25, 0.3) is 5.56 Å². The van der Waals surface area contributed by atoms with Crippen molar-refractivity contribution in [2.45, 2.75) is 25.4 Å². The summed E-state index contributed by atoms with van der Waals surface area (Å²) in [5.41, 5.74) is 4.39. The molecule has 0 fully saturated rings. The summed E-state index contributed by atoms with van der Waals surface area (Å²) in [5.74, 6) is 0.877. The zero-order valence-electron chi connectivity index (χ0n) is 14.4. The summed E-state index contributed by atoms with van der Waals surface area (Å²) in [7, 11) is 0. The monoisotopic (exact) mass is 422 g/mol. The second-order valence-corrected chi connectivity index (χ2v) is 7.98. The molecule has 0 saturated heterocycles. The number of thioether (sulfide) groups is 1. The van der Waals surface area contributed by atoms with Gasteiger partial charge in [0.05, 0.1) is 11.4 Å². The standard InChI is InChI=1S/C18H18N4O2S2.ClH/c23-16(20-7-12-1-2-13-8-19-9-14(13)5-12)11-25-10-15-6-17(24)22-3-4-26-18(22)21-15;/h1-6,19H,7-11H2,(H,20,23);1H. The number of hydrogen-bond donors (Lipinski definition) is 2. The first-order chi connectivity index (χ1) is 12.7. The van der Waals surface area contributed by atoms with E-state index in [-0.39, 0.29) is 23.9 Å². The summed E-state index contributed by atoms with van der Waals surface area (Å²) in [6.45, 7) is 2.36. The van der Waals surface area contributed by atoms with Crippen LogP contribution in [0.1, 0.15) is 22.4 Å². The van der Waals surface area contributed by atoms with E-state index in [1.165, 1.54) is 44.7 Å². The van der Waals surface area contributed by atoms with Gasteiger partial charge in [-0.1, -0.05) is 18.2 Å². The number of carbonyl (C=O) groups is 1. The number of rotatable bonds is 6. The van der Waals surface area contributed by atoms with E-state index in [0.29, 0.717) is 28.7 Å². The molecule has 0 spiro atoms. The molecule has 9 heteroatoms. The van der Waals surface area contributed by atoms with Crippen LogP contribution >= 0.6 is 35.5 Å². The Bertz CT molecular complexity index is 1020. The van der Waals surface area contributed by atoms with Crippen LogP contribution < -0.4 is 16.2 Å². The predicted molar refractivity (Wildman–Crippen MR) is 112 cm³/mol. The van der Waals surface area contributed by atoms with Crippen molar-refractivity contribution in [1.29, 1.82) is 0 Å². The van der Waals surface area contributed by atoms with E-state index in [1.807, 2.05) is 5.38 Å². The molecular formula is C18H19ClN4O2S2. The number of nitrogens with one attached hydrogen (secondary N) is 2. The van der Waals surface area contributed by atoms with Crippen molar-refractivity contribution in [2.75, 3.05) is 5.75 Å². The third-order valence-electron chi connectivity index (χ3n) is 4.23. The lowest BCUT2D eigenvalue weighted by atomic mass is 10.1. The van der Waals surface area contributed by atoms with Gasteiger partial charge >= 0.3 is 0 Å². The zero-order valence-corrected chi connectivity index (χ0v) is 16.9. The van der Waals surface area contributed by atoms with Gasteiger partial charge in [0.2, 0.25) is 5.91 Å². The topological polar surface area (TPSA) is 75.5 Å². The number of benzene rings is 1. The lowest BCUT2D eigenvalue weighted by molar-refractivity contribution is -0.118. The van der Waals surface area contributed by atoms with Crippen molar-refractivity contribution < 1.29 is 4.79 Å². The highest BCUT2D eigenvalue weighted by atomic mass is 35.5. The summed E-state index contributed by atoms with van der Waals surface area (Å²) in [5, 5.41) is 8.10. The number of thiazole rings is 1. The van der Waals surface area contributed by atoms with Crippen molar-refractivity contribution >= 4 is 46.4 Å². The Morgan fingerprint density at radius 1 is 1.30 bits per heavy atom. The highest BCUT2D eigenvalue weighted by Crippen LogP contribution is 2.17. The fourth-order valence-corrected chi connectivity index (χ4v) is 4.41. The average molecular weight is 423 g/mol. The number of hydrogen-bond acceptors (Lipinski definition) is 6. The molecule has 1 aliphatic heterocycles. The van der Waals surface area contributed by atoms with Gasteiger partial charge in [-0.3, -0.25) is 14.0 Å². The molecular weight excluding hydrogens is 404 g/mol. The third-order valence-corrected chi connectivity index (χ3v) is 5.95. The molecule has 0 saturated carbocycles. The van der Waals surface area contributed by atoms with Gasteiger partial charge < -0.3 is 10.6 Å². The Kier molecular flexibility index (Phi) is 6.54. The summed E-state index contributed by atoms with van der Waals surface area (Å²) in [6, 6.07) is 7.86. The molecule has 1 aliphatic rings. The minimum absolute atomic E-state index is 0. The van der Waals surface area contributed by atoms with Crippen molar-refractivity contribution in [2.24, 2.45) is 0 Å². The summed E-state index contributed by atoms with van der Waals surface area (Å²) >= 11 is 2.89. The fraction of sp³-hybridized carbons (Fsp3) is 0.278. The maximum Gasteiger partial charge on any atom is 0.258 e. The van der Waals surface area contributed by atoms with Crippen LogP contribution in [0.5, 0.6) is 0 Å². The second kappa shape index (κ2) is 8.88. The molecule has 2 aromatic heterocycles. The highest BCUT2D eigenvalue weighted by molar-refractivity contribution is 7.99. The number of amides is 1. The van der Waals surface area contributed by atoms with Crippen molar-refractivity contribution in [3.63, 3.8) is 0 Å². The lowest BCUT2D eigenvalue weighted by Crippen LogP contribution is -2.24. The SMILES string of the molecule is Cl.O=C(CSCc1cc(=O)n2ccsc2n1)NCc1ccc2c(c1)CNC2. The molecule has 0 aliphatic carbocycles. The Labute approximate surface area is 170 Å². The number of nitrogens with zero attached hydrogens (tertiary/aromatic N) is 2. The van der Waals surface area contributed by atoms with Gasteiger partial charge in [0.1, 0.15) is 0 Å². The molecule has 2 N–H and O–H groups in total. The molecule has 1 amide bonds. The Morgan fingerprint density at radius 3 is 3.04 bits per heavy atom. The second-order valence-electron chi connectivity index (χ2n) is 6.12. The minimum Gasteiger partial charge on any atom is -0.351 e. The maximum atomic E-state index is 12.0. The van der Waals surface area contributed by atoms with E-state index in [2.05, 4.69) is 33.8 Å². The largest absolute Gasteiger partial charge is 0.351 e. The zero-order chi connectivity index (χ0) is 17.9. The number of fused-ring (bicyclic) bond motifs is 2. The Balaban J connectivity index is 0.00000210. The van der Waals surface area contributed by atoms with Crippen LogP contribution in [0.25, 0.3) is 4.96 Å². The van der Waals surface area contributed by atoms with Crippen LogP contribution in [0.15, 0.2) is 40.6 Å². The smallest absolute Gasteiger partial charge is 0.258 e. The molecule has 0 bridgehead atoms. The van der Waals surface area contributed by atoms with Gasteiger partial charge in [-0.25, -0.2) is 4.98 Å². The highest BCUT2D eigenvalue weighted by Gasteiger charge is 2.10. The normalized spacial score (nSPS) is 12.6. The van der Waals surface area contributed by atoms with Crippen LogP contribution in [0.2, 0.25) is 0 Å². The van der Waals surface area contributed by atoms with Crippen molar-refractivity contribution in [3.05, 3.63) is 68.6 Å². The predicted octanol–water partition coefficient (Wildman–Crippen LogP) is 2.33. The summed E-state index contributed by atoms with van der Waals surface area (Å²) < 4.78 is 1.53. The Morgan fingerprint density at radius 2 is 2.15 bits per heavy atom. The number of aromatic nitrogens is 2. The van der Waals surface area contributed by atoms with Crippen molar-refractivity contribution in [1.82, 2.24) is 20.0 Å². The van der Waals surface area contributed by atoms with Crippen molar-refractivity contribution in [3.8, 4) is 0 Å². The van der Waals surface area contributed by atoms with E-state index in [1.54, 1.807) is 6.20 Å². The van der Waals surface area contributed by atoms with E-state index in [9.17, 15) is 9.59 Å². The first-order valence-electron chi connectivity index (χ1n) is 8.31. The van der Waals surface area contributed by atoms with Crippen LogP contribution in [0.4, 0.5) is 0 Å². The molecule has 0 unspecified atom stereocenters. The third kappa shape index (κ3) is 4.70. The molecule has 0 atom stereocenters. The van der Waals surface area contributed by atoms with Gasteiger partial charge in [-0.2, -0.15) is 0 Å². The van der Waals surface area contributed by atoms with Gasteiger partial charge in [-0.05, 0) is 16.7 Å². The molecule has 4 rings (SSSR count). The van der Waals surface area contributed by atoms with Gasteiger partial charge in [-0.15, -0.1) is 35.5 Å². The number of carbonyl (C=O) groups excluding carboxylic acids is 1.